The van der Waals surface area contributed by atoms with Crippen LogP contribution in [0.5, 0.6) is 0 Å². The predicted molar refractivity (Wildman–Crippen MR) is 70.1 cm³/mol. The molecule has 3 nitrogen and oxygen atoms in total. The number of carbonyl (C=O) groups is 1. The SMILES string of the molecule is CC(C)CN(C)C(=O)c1cc2c(F)cccc2[nH]1. The van der Waals surface area contributed by atoms with Crippen molar-refractivity contribution in [1.82, 2.24) is 9.88 Å². The van der Waals surface area contributed by atoms with Crippen LogP contribution in [0.3, 0.4) is 0 Å². The fourth-order valence-electron chi connectivity index (χ4n) is 2.07. The third kappa shape index (κ3) is 2.37. The minimum atomic E-state index is -0.311. The molecular weight excluding hydrogens is 231 g/mol. The first-order valence-electron chi connectivity index (χ1n) is 6.01. The van der Waals surface area contributed by atoms with Gasteiger partial charge in [0.2, 0.25) is 0 Å². The molecule has 96 valence electrons. The first kappa shape index (κ1) is 12.6. The van der Waals surface area contributed by atoms with Gasteiger partial charge < -0.3 is 9.88 Å². The van der Waals surface area contributed by atoms with Crippen molar-refractivity contribution >= 4 is 16.8 Å². The Labute approximate surface area is 106 Å². The van der Waals surface area contributed by atoms with Crippen LogP contribution >= 0.6 is 0 Å². The van der Waals surface area contributed by atoms with Crippen LogP contribution < -0.4 is 0 Å². The summed E-state index contributed by atoms with van der Waals surface area (Å²) in [5.74, 6) is -0.0197. The number of fused-ring (bicyclic) bond motifs is 1. The topological polar surface area (TPSA) is 36.1 Å². The van der Waals surface area contributed by atoms with Crippen molar-refractivity contribution in [3.63, 3.8) is 0 Å². The Morgan fingerprint density at radius 1 is 1.44 bits per heavy atom. The fourth-order valence-corrected chi connectivity index (χ4v) is 2.07. The van der Waals surface area contributed by atoms with Gasteiger partial charge >= 0.3 is 0 Å². The van der Waals surface area contributed by atoms with Crippen LogP contribution in [0.1, 0.15) is 24.3 Å². The summed E-state index contributed by atoms with van der Waals surface area (Å²) in [4.78, 5) is 16.7. The molecule has 0 aliphatic heterocycles. The zero-order valence-corrected chi connectivity index (χ0v) is 10.8. The largest absolute Gasteiger partial charge is 0.350 e. The van der Waals surface area contributed by atoms with Crippen LogP contribution in [-0.4, -0.2) is 29.4 Å². The second-order valence-corrected chi connectivity index (χ2v) is 4.96. The molecule has 0 aliphatic carbocycles. The van der Waals surface area contributed by atoms with Crippen molar-refractivity contribution < 1.29 is 9.18 Å². The maximum absolute atomic E-state index is 13.5. The van der Waals surface area contributed by atoms with Crippen molar-refractivity contribution in [2.45, 2.75) is 13.8 Å². The summed E-state index contributed by atoms with van der Waals surface area (Å²) < 4.78 is 13.5. The van der Waals surface area contributed by atoms with Crippen molar-refractivity contribution in [2.75, 3.05) is 13.6 Å². The molecule has 0 saturated heterocycles. The Bertz CT molecular complexity index is 574. The third-order valence-electron chi connectivity index (χ3n) is 2.83. The quantitative estimate of drug-likeness (QED) is 0.890. The number of benzene rings is 1. The Morgan fingerprint density at radius 2 is 2.17 bits per heavy atom. The highest BCUT2D eigenvalue weighted by atomic mass is 19.1. The van der Waals surface area contributed by atoms with E-state index in [0.29, 0.717) is 29.1 Å². The highest BCUT2D eigenvalue weighted by Gasteiger charge is 2.16. The van der Waals surface area contributed by atoms with E-state index >= 15 is 0 Å². The number of aromatic amines is 1. The van der Waals surface area contributed by atoms with E-state index in [0.717, 1.165) is 0 Å². The first-order chi connectivity index (χ1) is 8.49. The lowest BCUT2D eigenvalue weighted by atomic mass is 10.2. The van der Waals surface area contributed by atoms with Gasteiger partial charge in [-0.15, -0.1) is 0 Å². The number of amides is 1. The van der Waals surface area contributed by atoms with Gasteiger partial charge in [-0.2, -0.15) is 0 Å². The van der Waals surface area contributed by atoms with Crippen molar-refractivity contribution in [1.29, 1.82) is 0 Å². The Kier molecular flexibility index (Phi) is 3.36. The number of halogens is 1. The second kappa shape index (κ2) is 4.80. The molecule has 1 heterocycles. The van der Waals surface area contributed by atoms with E-state index in [1.165, 1.54) is 6.07 Å². The van der Waals surface area contributed by atoms with E-state index in [1.807, 2.05) is 0 Å². The molecule has 0 unspecified atom stereocenters. The summed E-state index contributed by atoms with van der Waals surface area (Å²) in [5, 5.41) is 0.457. The molecule has 1 N–H and O–H groups in total. The summed E-state index contributed by atoms with van der Waals surface area (Å²) in [5.41, 5.74) is 1.08. The molecule has 1 aromatic heterocycles. The van der Waals surface area contributed by atoms with Gasteiger partial charge in [0.25, 0.3) is 5.91 Å². The van der Waals surface area contributed by atoms with Crippen LogP contribution in [0, 0.1) is 11.7 Å². The summed E-state index contributed by atoms with van der Waals surface area (Å²) in [7, 11) is 1.75. The van der Waals surface area contributed by atoms with E-state index < -0.39 is 0 Å². The number of nitrogens with zero attached hydrogens (tertiary/aromatic N) is 1. The number of hydrogen-bond donors (Lipinski definition) is 1. The lowest BCUT2D eigenvalue weighted by Gasteiger charge is -2.18. The van der Waals surface area contributed by atoms with Crippen LogP contribution in [0.25, 0.3) is 10.9 Å². The van der Waals surface area contributed by atoms with Gasteiger partial charge in [-0.1, -0.05) is 19.9 Å². The second-order valence-electron chi connectivity index (χ2n) is 4.96. The number of rotatable bonds is 3. The number of nitrogens with one attached hydrogen (secondary N) is 1. The molecule has 0 aliphatic rings. The van der Waals surface area contributed by atoms with Crippen molar-refractivity contribution in [2.24, 2.45) is 5.92 Å². The standard InChI is InChI=1S/C14H17FN2O/c1-9(2)8-17(3)14(18)13-7-10-11(15)5-4-6-12(10)16-13/h4-7,9,16H,8H2,1-3H3. The normalized spacial score (nSPS) is 11.2. The average molecular weight is 248 g/mol. The molecule has 1 aromatic carbocycles. The van der Waals surface area contributed by atoms with Gasteiger partial charge in [-0.05, 0) is 24.1 Å². The van der Waals surface area contributed by atoms with Gasteiger partial charge in [0.15, 0.2) is 0 Å². The molecule has 0 saturated carbocycles. The highest BCUT2D eigenvalue weighted by Crippen LogP contribution is 2.19. The summed E-state index contributed by atoms with van der Waals surface area (Å²) >= 11 is 0. The van der Waals surface area contributed by atoms with Crippen molar-refractivity contribution in [3.05, 3.63) is 35.8 Å². The third-order valence-corrected chi connectivity index (χ3v) is 2.83. The molecule has 2 rings (SSSR count). The lowest BCUT2D eigenvalue weighted by Crippen LogP contribution is -2.30. The maximum Gasteiger partial charge on any atom is 0.270 e. The summed E-state index contributed by atoms with van der Waals surface area (Å²) in [6, 6.07) is 6.35. The molecular formula is C14H17FN2O. The van der Waals surface area contributed by atoms with Gasteiger partial charge in [-0.3, -0.25) is 4.79 Å². The molecule has 4 heteroatoms. The van der Waals surface area contributed by atoms with Gasteiger partial charge in [0, 0.05) is 24.5 Å². The number of aromatic nitrogens is 1. The fraction of sp³-hybridized carbons (Fsp3) is 0.357. The minimum Gasteiger partial charge on any atom is -0.350 e. The van der Waals surface area contributed by atoms with Crippen LogP contribution in [0.2, 0.25) is 0 Å². The maximum atomic E-state index is 13.5. The smallest absolute Gasteiger partial charge is 0.270 e. The van der Waals surface area contributed by atoms with E-state index in [1.54, 1.807) is 30.1 Å². The van der Waals surface area contributed by atoms with Gasteiger partial charge in [-0.25, -0.2) is 4.39 Å². The summed E-state index contributed by atoms with van der Waals surface area (Å²) in [6.45, 7) is 4.78. The highest BCUT2D eigenvalue weighted by molar-refractivity contribution is 5.98. The van der Waals surface area contributed by atoms with Crippen LogP contribution in [-0.2, 0) is 0 Å². The zero-order chi connectivity index (χ0) is 13.3. The Hall–Kier alpha value is -1.84. The van der Waals surface area contributed by atoms with E-state index in [4.69, 9.17) is 0 Å². The van der Waals surface area contributed by atoms with Crippen LogP contribution in [0.4, 0.5) is 4.39 Å². The summed E-state index contributed by atoms with van der Waals surface area (Å²) in [6.07, 6.45) is 0. The van der Waals surface area contributed by atoms with E-state index in [-0.39, 0.29) is 11.7 Å². The van der Waals surface area contributed by atoms with Gasteiger partial charge in [0.05, 0.1) is 0 Å². The average Bonchev–Trinajstić information content (AvgIpc) is 2.72. The van der Waals surface area contributed by atoms with Crippen molar-refractivity contribution in [3.8, 4) is 0 Å². The minimum absolute atomic E-state index is 0.112. The molecule has 0 fully saturated rings. The molecule has 0 spiro atoms. The van der Waals surface area contributed by atoms with Crippen LogP contribution in [0.15, 0.2) is 24.3 Å². The molecule has 0 radical (unpaired) electrons. The number of hydrogen-bond acceptors (Lipinski definition) is 1. The zero-order valence-electron chi connectivity index (χ0n) is 10.8. The number of H-pyrrole nitrogens is 1. The lowest BCUT2D eigenvalue weighted by molar-refractivity contribution is 0.0774. The first-order valence-corrected chi connectivity index (χ1v) is 6.01. The Morgan fingerprint density at radius 3 is 2.78 bits per heavy atom. The molecule has 0 atom stereocenters. The predicted octanol–water partition coefficient (Wildman–Crippen LogP) is 3.04. The Balaban J connectivity index is 2.31. The van der Waals surface area contributed by atoms with E-state index in [9.17, 15) is 9.18 Å². The van der Waals surface area contributed by atoms with E-state index in [2.05, 4.69) is 18.8 Å². The number of carbonyl (C=O) groups excluding carboxylic acids is 1. The van der Waals surface area contributed by atoms with Gasteiger partial charge in [0.1, 0.15) is 11.5 Å². The molecule has 0 bridgehead atoms. The molecule has 18 heavy (non-hydrogen) atoms. The molecule has 2 aromatic rings. The molecule has 1 amide bonds. The monoisotopic (exact) mass is 248 g/mol.